The van der Waals surface area contributed by atoms with E-state index in [1.54, 1.807) is 21.3 Å². The Morgan fingerprint density at radius 3 is 2.46 bits per heavy atom. The third-order valence-corrected chi connectivity index (χ3v) is 4.66. The van der Waals surface area contributed by atoms with Crippen LogP contribution < -0.4 is 14.8 Å². The molecule has 0 bridgehead atoms. The van der Waals surface area contributed by atoms with Crippen LogP contribution in [0.5, 0.6) is 11.5 Å². The molecular formula is C20H35IN4O3. The standard InChI is InChI=1S/C20H34N4O3.HI/c1-5-21-20(22-9-6-14-25-2)24-12-10-23(11-13-24)16-17-15-18(26-3)7-8-19(17)27-4;/h7-8,15H,5-6,9-14,16H2,1-4H3,(H,21,22);1H. The smallest absolute Gasteiger partial charge is 0.194 e. The summed E-state index contributed by atoms with van der Waals surface area (Å²) in [6.07, 6.45) is 0.945. The summed E-state index contributed by atoms with van der Waals surface area (Å²) in [7, 11) is 5.13. The number of methoxy groups -OCH3 is 3. The van der Waals surface area contributed by atoms with Crippen LogP contribution in [0.3, 0.4) is 0 Å². The number of piperazine rings is 1. The van der Waals surface area contributed by atoms with Gasteiger partial charge in [0.1, 0.15) is 11.5 Å². The summed E-state index contributed by atoms with van der Waals surface area (Å²) in [5.41, 5.74) is 1.16. The Balaban J connectivity index is 0.00000392. The number of benzene rings is 1. The van der Waals surface area contributed by atoms with Crippen molar-refractivity contribution in [2.24, 2.45) is 4.99 Å². The van der Waals surface area contributed by atoms with Crippen molar-refractivity contribution in [1.82, 2.24) is 15.1 Å². The minimum Gasteiger partial charge on any atom is -0.497 e. The quantitative estimate of drug-likeness (QED) is 0.241. The number of rotatable bonds is 9. The van der Waals surface area contributed by atoms with Crippen molar-refractivity contribution in [3.05, 3.63) is 23.8 Å². The van der Waals surface area contributed by atoms with Crippen LogP contribution >= 0.6 is 24.0 Å². The molecule has 2 rings (SSSR count). The molecule has 1 heterocycles. The number of nitrogens with one attached hydrogen (secondary N) is 1. The molecule has 1 N–H and O–H groups in total. The number of halogens is 1. The summed E-state index contributed by atoms with van der Waals surface area (Å²) in [6, 6.07) is 5.97. The minimum atomic E-state index is 0. The molecule has 0 radical (unpaired) electrons. The average Bonchev–Trinajstić information content (AvgIpc) is 2.71. The van der Waals surface area contributed by atoms with Gasteiger partial charge in [0.15, 0.2) is 5.96 Å². The first-order chi connectivity index (χ1) is 13.2. The predicted molar refractivity (Wildman–Crippen MR) is 124 cm³/mol. The van der Waals surface area contributed by atoms with Crippen molar-refractivity contribution in [2.75, 3.05) is 67.2 Å². The molecular weight excluding hydrogens is 471 g/mol. The molecule has 0 unspecified atom stereocenters. The molecule has 160 valence electrons. The van der Waals surface area contributed by atoms with Crippen LogP contribution in [-0.4, -0.2) is 83.0 Å². The van der Waals surface area contributed by atoms with E-state index in [9.17, 15) is 0 Å². The third kappa shape index (κ3) is 7.63. The van der Waals surface area contributed by atoms with Gasteiger partial charge in [-0.05, 0) is 31.5 Å². The second-order valence-corrected chi connectivity index (χ2v) is 6.52. The molecule has 1 aliphatic heterocycles. The molecule has 0 amide bonds. The van der Waals surface area contributed by atoms with E-state index < -0.39 is 0 Å². The minimum absolute atomic E-state index is 0. The van der Waals surface area contributed by atoms with Crippen molar-refractivity contribution in [3.63, 3.8) is 0 Å². The molecule has 1 fully saturated rings. The summed E-state index contributed by atoms with van der Waals surface area (Å²) in [5, 5.41) is 3.41. The molecule has 0 aromatic heterocycles. The van der Waals surface area contributed by atoms with E-state index in [0.717, 1.165) is 81.9 Å². The van der Waals surface area contributed by atoms with Crippen molar-refractivity contribution in [3.8, 4) is 11.5 Å². The van der Waals surface area contributed by atoms with Crippen LogP contribution in [0.1, 0.15) is 18.9 Å². The molecule has 28 heavy (non-hydrogen) atoms. The van der Waals surface area contributed by atoms with E-state index in [-0.39, 0.29) is 24.0 Å². The number of aliphatic imine (C=N–C) groups is 1. The monoisotopic (exact) mass is 506 g/mol. The maximum absolute atomic E-state index is 5.51. The van der Waals surface area contributed by atoms with E-state index in [4.69, 9.17) is 19.2 Å². The van der Waals surface area contributed by atoms with Crippen molar-refractivity contribution >= 4 is 29.9 Å². The molecule has 0 atom stereocenters. The van der Waals surface area contributed by atoms with Gasteiger partial charge in [0, 0.05) is 65.1 Å². The van der Waals surface area contributed by atoms with Crippen molar-refractivity contribution in [1.29, 1.82) is 0 Å². The summed E-state index contributed by atoms with van der Waals surface area (Å²) in [6.45, 7) is 9.28. The Bertz CT molecular complexity index is 593. The average molecular weight is 506 g/mol. The number of guanidine groups is 1. The summed E-state index contributed by atoms with van der Waals surface area (Å²) in [4.78, 5) is 9.52. The fourth-order valence-electron chi connectivity index (χ4n) is 3.18. The predicted octanol–water partition coefficient (Wildman–Crippen LogP) is 2.44. The van der Waals surface area contributed by atoms with Crippen LogP contribution in [0.25, 0.3) is 0 Å². The zero-order valence-corrected chi connectivity index (χ0v) is 19.9. The molecule has 7 nitrogen and oxygen atoms in total. The molecule has 1 aromatic carbocycles. The largest absolute Gasteiger partial charge is 0.497 e. The maximum atomic E-state index is 5.51. The third-order valence-electron chi connectivity index (χ3n) is 4.66. The zero-order valence-electron chi connectivity index (χ0n) is 17.6. The molecule has 1 aromatic rings. The fourth-order valence-corrected chi connectivity index (χ4v) is 3.18. The summed E-state index contributed by atoms with van der Waals surface area (Å²) < 4.78 is 16.0. The van der Waals surface area contributed by atoms with Gasteiger partial charge < -0.3 is 24.4 Å². The first-order valence-electron chi connectivity index (χ1n) is 9.67. The lowest BCUT2D eigenvalue weighted by atomic mass is 10.1. The summed E-state index contributed by atoms with van der Waals surface area (Å²) in [5.74, 6) is 2.78. The van der Waals surface area contributed by atoms with Crippen LogP contribution in [0.15, 0.2) is 23.2 Å². The molecule has 1 aliphatic rings. The van der Waals surface area contributed by atoms with Gasteiger partial charge >= 0.3 is 0 Å². The van der Waals surface area contributed by atoms with Gasteiger partial charge in [0.2, 0.25) is 0 Å². The SMILES string of the molecule is CCNC(=NCCCOC)N1CCN(Cc2cc(OC)ccc2OC)CC1.I. The molecule has 0 saturated carbocycles. The number of hydrogen-bond donors (Lipinski definition) is 1. The Kier molecular flexibility index (Phi) is 12.2. The van der Waals surface area contributed by atoms with Gasteiger partial charge in [-0.3, -0.25) is 9.89 Å². The zero-order chi connectivity index (χ0) is 19.5. The highest BCUT2D eigenvalue weighted by molar-refractivity contribution is 14.0. The molecule has 0 aliphatic carbocycles. The van der Waals surface area contributed by atoms with Crippen LogP contribution in [-0.2, 0) is 11.3 Å². The highest BCUT2D eigenvalue weighted by atomic mass is 127. The molecule has 0 spiro atoms. The molecule has 8 heteroatoms. The van der Waals surface area contributed by atoms with Gasteiger partial charge in [0.05, 0.1) is 14.2 Å². The lowest BCUT2D eigenvalue weighted by Gasteiger charge is -2.36. The Hall–Kier alpha value is -1.26. The fraction of sp³-hybridized carbons (Fsp3) is 0.650. The second-order valence-electron chi connectivity index (χ2n) is 6.52. The van der Waals surface area contributed by atoms with Crippen LogP contribution in [0.4, 0.5) is 0 Å². The first-order valence-corrected chi connectivity index (χ1v) is 9.67. The van der Waals surface area contributed by atoms with E-state index >= 15 is 0 Å². The van der Waals surface area contributed by atoms with E-state index in [1.165, 1.54) is 0 Å². The van der Waals surface area contributed by atoms with Crippen LogP contribution in [0.2, 0.25) is 0 Å². The highest BCUT2D eigenvalue weighted by Crippen LogP contribution is 2.25. The molecule has 1 saturated heterocycles. The summed E-state index contributed by atoms with van der Waals surface area (Å²) >= 11 is 0. The number of ether oxygens (including phenoxy) is 3. The maximum Gasteiger partial charge on any atom is 0.194 e. The second kappa shape index (κ2) is 13.8. The topological polar surface area (TPSA) is 58.6 Å². The van der Waals surface area contributed by atoms with E-state index in [2.05, 4.69) is 28.1 Å². The van der Waals surface area contributed by atoms with E-state index in [1.807, 2.05) is 12.1 Å². The lowest BCUT2D eigenvalue weighted by molar-refractivity contribution is 0.170. The van der Waals surface area contributed by atoms with E-state index in [0.29, 0.717) is 0 Å². The normalized spacial score (nSPS) is 15.1. The highest BCUT2D eigenvalue weighted by Gasteiger charge is 2.20. The Labute approximate surface area is 186 Å². The number of nitrogens with zero attached hydrogens (tertiary/aromatic N) is 3. The van der Waals surface area contributed by atoms with Crippen molar-refractivity contribution < 1.29 is 14.2 Å². The Morgan fingerprint density at radius 1 is 1.11 bits per heavy atom. The van der Waals surface area contributed by atoms with Gasteiger partial charge in [-0.25, -0.2) is 0 Å². The number of hydrogen-bond acceptors (Lipinski definition) is 5. The van der Waals surface area contributed by atoms with Gasteiger partial charge in [-0.15, -0.1) is 24.0 Å². The van der Waals surface area contributed by atoms with Gasteiger partial charge in [0.25, 0.3) is 0 Å². The Morgan fingerprint density at radius 2 is 1.86 bits per heavy atom. The lowest BCUT2D eigenvalue weighted by Crippen LogP contribution is -2.52. The van der Waals surface area contributed by atoms with Gasteiger partial charge in [-0.2, -0.15) is 0 Å². The van der Waals surface area contributed by atoms with Crippen molar-refractivity contribution in [2.45, 2.75) is 19.9 Å². The van der Waals surface area contributed by atoms with Gasteiger partial charge in [-0.1, -0.05) is 0 Å². The first kappa shape index (κ1) is 24.8. The van der Waals surface area contributed by atoms with Crippen LogP contribution in [0, 0.1) is 0 Å².